The summed E-state index contributed by atoms with van der Waals surface area (Å²) in [5.74, 6) is 0. The third-order valence-corrected chi connectivity index (χ3v) is 6.19. The molecule has 0 aliphatic carbocycles. The molecule has 6 aromatic carbocycles. The first-order valence-electron chi connectivity index (χ1n) is 9.76. The molecule has 0 radical (unpaired) electrons. The van der Waals surface area contributed by atoms with Gasteiger partial charge >= 0.3 is 0 Å². The minimum absolute atomic E-state index is 0.0988. The van der Waals surface area contributed by atoms with Crippen LogP contribution < -0.4 is 5.43 Å². The van der Waals surface area contributed by atoms with Crippen molar-refractivity contribution in [2.24, 2.45) is 0 Å². The normalized spacial score (nSPS) is 12.3. The fourth-order valence-electron chi connectivity index (χ4n) is 5.05. The maximum Gasteiger partial charge on any atom is 0.194 e. The van der Waals surface area contributed by atoms with Crippen molar-refractivity contribution in [3.05, 3.63) is 95.2 Å². The van der Waals surface area contributed by atoms with Gasteiger partial charge in [0.15, 0.2) is 5.43 Å². The highest BCUT2D eigenvalue weighted by Gasteiger charge is 2.20. The largest absolute Gasteiger partial charge is 0.456 e. The lowest BCUT2D eigenvalue weighted by molar-refractivity contribution is 0.662. The predicted molar refractivity (Wildman–Crippen MR) is 121 cm³/mol. The summed E-state index contributed by atoms with van der Waals surface area (Å²) in [5, 5.41) is 10.3. The predicted octanol–water partition coefficient (Wildman–Crippen LogP) is 7.00. The Labute approximate surface area is 164 Å². The highest BCUT2D eigenvalue weighted by molar-refractivity contribution is 6.41. The van der Waals surface area contributed by atoms with Crippen LogP contribution in [0.3, 0.4) is 0 Å². The monoisotopic (exact) mass is 370 g/mol. The summed E-state index contributed by atoms with van der Waals surface area (Å²) in [4.78, 5) is 13.3. The average Bonchev–Trinajstić information content (AvgIpc) is 2.78. The molecule has 0 aliphatic rings. The summed E-state index contributed by atoms with van der Waals surface area (Å²) in [6.45, 7) is 0. The number of hydrogen-bond acceptors (Lipinski definition) is 2. The SMILES string of the molecule is O=c1c2ccccc2c2c3c1cccc3c1cccc3oc4ccccc4c2c31. The lowest BCUT2D eigenvalue weighted by Gasteiger charge is -2.17. The Morgan fingerprint density at radius 1 is 0.414 bits per heavy atom. The molecular formula is C27H14O2. The number of para-hydroxylation sites is 1. The van der Waals surface area contributed by atoms with Crippen LogP contribution in [-0.4, -0.2) is 0 Å². The van der Waals surface area contributed by atoms with Crippen molar-refractivity contribution in [1.82, 2.24) is 0 Å². The van der Waals surface area contributed by atoms with Gasteiger partial charge in [0.05, 0.1) is 0 Å². The van der Waals surface area contributed by atoms with Crippen molar-refractivity contribution in [3.8, 4) is 0 Å². The van der Waals surface area contributed by atoms with Crippen molar-refractivity contribution < 1.29 is 4.42 Å². The number of fused-ring (bicyclic) bond motifs is 6. The third-order valence-electron chi connectivity index (χ3n) is 6.19. The molecule has 0 bridgehead atoms. The summed E-state index contributed by atoms with van der Waals surface area (Å²) in [6.07, 6.45) is 0. The zero-order chi connectivity index (χ0) is 19.1. The number of rotatable bonds is 0. The zero-order valence-electron chi connectivity index (χ0n) is 15.4. The minimum atomic E-state index is 0.0988. The minimum Gasteiger partial charge on any atom is -0.456 e. The molecule has 0 spiro atoms. The molecule has 1 heterocycles. The number of benzene rings is 6. The summed E-state index contributed by atoms with van der Waals surface area (Å²) < 4.78 is 6.29. The van der Waals surface area contributed by atoms with Crippen LogP contribution >= 0.6 is 0 Å². The third kappa shape index (κ3) is 1.74. The molecule has 1 aromatic heterocycles. The van der Waals surface area contributed by atoms with Gasteiger partial charge < -0.3 is 4.42 Å². The van der Waals surface area contributed by atoms with Crippen LogP contribution in [0.25, 0.3) is 65.0 Å². The van der Waals surface area contributed by atoms with Crippen molar-refractivity contribution in [2.75, 3.05) is 0 Å². The van der Waals surface area contributed by atoms with E-state index in [9.17, 15) is 4.79 Å². The van der Waals surface area contributed by atoms with Gasteiger partial charge in [0.25, 0.3) is 0 Å². The Bertz CT molecular complexity index is 1820. The summed E-state index contributed by atoms with van der Waals surface area (Å²) in [5.41, 5.74) is 1.82. The maximum absolute atomic E-state index is 13.3. The molecule has 7 aromatic rings. The van der Waals surface area contributed by atoms with E-state index in [0.29, 0.717) is 0 Å². The van der Waals surface area contributed by atoms with E-state index < -0.39 is 0 Å². The topological polar surface area (TPSA) is 30.2 Å². The molecule has 0 saturated heterocycles. The highest BCUT2D eigenvalue weighted by atomic mass is 16.3. The lowest BCUT2D eigenvalue weighted by atomic mass is 9.87. The molecule has 2 nitrogen and oxygen atoms in total. The van der Waals surface area contributed by atoms with E-state index in [1.54, 1.807) is 0 Å². The van der Waals surface area contributed by atoms with Crippen molar-refractivity contribution in [1.29, 1.82) is 0 Å². The number of hydrogen-bond donors (Lipinski definition) is 0. The van der Waals surface area contributed by atoms with Gasteiger partial charge in [-0.1, -0.05) is 72.8 Å². The van der Waals surface area contributed by atoms with E-state index >= 15 is 0 Å². The van der Waals surface area contributed by atoms with Gasteiger partial charge in [0.2, 0.25) is 0 Å². The van der Waals surface area contributed by atoms with Gasteiger partial charge in [0.1, 0.15) is 11.2 Å². The molecule has 0 aliphatic heterocycles. The molecule has 0 saturated carbocycles. The van der Waals surface area contributed by atoms with Crippen LogP contribution in [0.4, 0.5) is 0 Å². The van der Waals surface area contributed by atoms with Gasteiger partial charge in [0, 0.05) is 32.3 Å². The summed E-state index contributed by atoms with van der Waals surface area (Å²) >= 11 is 0. The van der Waals surface area contributed by atoms with E-state index in [0.717, 1.165) is 65.0 Å². The van der Waals surface area contributed by atoms with Crippen molar-refractivity contribution in [3.63, 3.8) is 0 Å². The van der Waals surface area contributed by atoms with Crippen LogP contribution in [-0.2, 0) is 0 Å². The zero-order valence-corrected chi connectivity index (χ0v) is 15.4. The smallest absolute Gasteiger partial charge is 0.194 e. The molecule has 0 unspecified atom stereocenters. The van der Waals surface area contributed by atoms with Crippen LogP contribution in [0, 0.1) is 0 Å². The van der Waals surface area contributed by atoms with Gasteiger partial charge in [-0.15, -0.1) is 0 Å². The molecule has 0 fully saturated rings. The standard InChI is InChI=1S/C27H14O2/c28-27-18-8-2-1-7-17(18)25-23-15(10-5-12-20(23)27)16-11-6-14-22-24(16)26(25)19-9-3-4-13-21(19)29-22/h1-14H. The molecule has 29 heavy (non-hydrogen) atoms. The second kappa shape index (κ2) is 5.12. The quantitative estimate of drug-likeness (QED) is 0.213. The molecule has 2 heteroatoms. The van der Waals surface area contributed by atoms with E-state index in [1.807, 2.05) is 60.7 Å². The fourth-order valence-corrected chi connectivity index (χ4v) is 5.05. The van der Waals surface area contributed by atoms with Gasteiger partial charge in [-0.05, 0) is 33.7 Å². The lowest BCUT2D eigenvalue weighted by Crippen LogP contribution is -2.03. The average molecular weight is 370 g/mol. The van der Waals surface area contributed by atoms with Crippen molar-refractivity contribution >= 4 is 65.0 Å². The Balaban J connectivity index is 2.04. The molecule has 134 valence electrons. The van der Waals surface area contributed by atoms with Gasteiger partial charge in [-0.3, -0.25) is 4.79 Å². The Morgan fingerprint density at radius 3 is 1.79 bits per heavy atom. The van der Waals surface area contributed by atoms with Crippen molar-refractivity contribution in [2.45, 2.75) is 0 Å². The summed E-state index contributed by atoms with van der Waals surface area (Å²) in [7, 11) is 0. The van der Waals surface area contributed by atoms with E-state index in [1.165, 1.54) is 0 Å². The van der Waals surface area contributed by atoms with Crippen LogP contribution in [0.5, 0.6) is 0 Å². The van der Waals surface area contributed by atoms with Crippen LogP contribution in [0.15, 0.2) is 94.1 Å². The highest BCUT2D eigenvalue weighted by Crippen LogP contribution is 2.44. The molecular weight excluding hydrogens is 356 g/mol. The van der Waals surface area contributed by atoms with E-state index in [4.69, 9.17) is 4.42 Å². The van der Waals surface area contributed by atoms with E-state index in [2.05, 4.69) is 24.3 Å². The maximum atomic E-state index is 13.3. The second-order valence-electron chi connectivity index (χ2n) is 7.63. The fraction of sp³-hybridized carbons (Fsp3) is 0. The van der Waals surface area contributed by atoms with Gasteiger partial charge in [-0.25, -0.2) is 0 Å². The van der Waals surface area contributed by atoms with Crippen LogP contribution in [0.2, 0.25) is 0 Å². The Hall–Kier alpha value is -3.91. The Kier molecular flexibility index (Phi) is 2.66. The first kappa shape index (κ1) is 15.1. The molecule has 0 amide bonds. The first-order valence-corrected chi connectivity index (χ1v) is 9.76. The molecule has 0 atom stereocenters. The first-order chi connectivity index (χ1) is 14.3. The Morgan fingerprint density at radius 2 is 0.931 bits per heavy atom. The molecule has 7 rings (SSSR count). The van der Waals surface area contributed by atoms with E-state index in [-0.39, 0.29) is 5.43 Å². The summed E-state index contributed by atoms with van der Waals surface area (Å²) in [6, 6.07) is 28.4. The van der Waals surface area contributed by atoms with Gasteiger partial charge in [-0.2, -0.15) is 0 Å². The second-order valence-corrected chi connectivity index (χ2v) is 7.63. The van der Waals surface area contributed by atoms with Crippen LogP contribution in [0.1, 0.15) is 0 Å². The molecule has 0 N–H and O–H groups in total.